The van der Waals surface area contributed by atoms with E-state index in [1.807, 2.05) is 60.5 Å². The van der Waals surface area contributed by atoms with Gasteiger partial charge in [0.2, 0.25) is 0 Å². The molecule has 2 aliphatic heterocycles. The lowest BCUT2D eigenvalue weighted by atomic mass is 9.83. The summed E-state index contributed by atoms with van der Waals surface area (Å²) in [6.45, 7) is 2.47. The Hall–Kier alpha value is -4.13. The summed E-state index contributed by atoms with van der Waals surface area (Å²) in [6.07, 6.45) is 8.29. The van der Waals surface area contributed by atoms with Gasteiger partial charge in [-0.3, -0.25) is 4.90 Å². The van der Waals surface area contributed by atoms with Gasteiger partial charge < -0.3 is 10.2 Å². The van der Waals surface area contributed by atoms with Crippen LogP contribution >= 0.6 is 0 Å². The lowest BCUT2D eigenvalue weighted by Gasteiger charge is -2.27. The van der Waals surface area contributed by atoms with Gasteiger partial charge >= 0.3 is 6.03 Å². The van der Waals surface area contributed by atoms with Crippen molar-refractivity contribution in [3.8, 4) is 0 Å². The molecule has 0 bridgehead atoms. The summed E-state index contributed by atoms with van der Waals surface area (Å²) >= 11 is 0. The number of urea groups is 1. The zero-order valence-electron chi connectivity index (χ0n) is 23.3. The normalized spacial score (nSPS) is 18.4. The maximum absolute atomic E-state index is 14.3. The minimum absolute atomic E-state index is 0.147. The summed E-state index contributed by atoms with van der Waals surface area (Å²) in [5.74, 6) is 1.24. The molecular weight excluding hydrogens is 496 g/mol. The predicted molar refractivity (Wildman–Crippen MR) is 162 cm³/mol. The first kappa shape index (κ1) is 26.1. The minimum Gasteiger partial charge on any atom is -0.359 e. The van der Waals surface area contributed by atoms with Gasteiger partial charge in [0.1, 0.15) is 0 Å². The zero-order chi connectivity index (χ0) is 27.3. The van der Waals surface area contributed by atoms with Crippen LogP contribution in [0, 0.1) is 5.92 Å². The maximum atomic E-state index is 14.3. The molecule has 0 spiro atoms. The third-order valence-electron chi connectivity index (χ3n) is 8.20. The molecule has 1 N–H and O–H groups in total. The molecule has 7 heteroatoms. The van der Waals surface area contributed by atoms with E-state index < -0.39 is 0 Å². The number of hydrogen-bond donors (Lipinski definition) is 1. The number of likely N-dealkylation sites (tertiary alicyclic amines) is 1. The first-order valence-electron chi connectivity index (χ1n) is 14.7. The Bertz CT molecular complexity index is 1370. The average Bonchev–Trinajstić information content (AvgIpc) is 3.51. The average molecular weight is 535 g/mol. The molecule has 0 unspecified atom stereocenters. The number of anilines is 2. The largest absolute Gasteiger partial charge is 0.359 e. The summed E-state index contributed by atoms with van der Waals surface area (Å²) in [5, 5.41) is 10.0. The van der Waals surface area contributed by atoms with Crippen molar-refractivity contribution in [2.45, 2.75) is 51.5 Å². The van der Waals surface area contributed by atoms with Crippen LogP contribution < -0.4 is 10.2 Å². The van der Waals surface area contributed by atoms with Crippen LogP contribution in [0.1, 0.15) is 56.1 Å². The molecule has 3 aromatic carbocycles. The molecule has 1 saturated heterocycles. The van der Waals surface area contributed by atoms with Crippen molar-refractivity contribution in [1.29, 1.82) is 0 Å². The van der Waals surface area contributed by atoms with E-state index in [0.717, 1.165) is 65.8 Å². The molecule has 3 aliphatic rings. The highest BCUT2D eigenvalue weighted by molar-refractivity contribution is 6.13. The van der Waals surface area contributed by atoms with Crippen molar-refractivity contribution < 1.29 is 4.79 Å². The number of amides is 2. The second kappa shape index (κ2) is 11.9. The second-order valence-electron chi connectivity index (χ2n) is 10.9. The number of nitrogens with one attached hydrogen (secondary N) is 1. The van der Waals surface area contributed by atoms with E-state index in [1.165, 1.54) is 32.1 Å². The van der Waals surface area contributed by atoms with E-state index in [-0.39, 0.29) is 6.03 Å². The van der Waals surface area contributed by atoms with E-state index >= 15 is 0 Å². The molecule has 3 aromatic rings. The first-order chi connectivity index (χ1) is 19.7. The fourth-order valence-corrected chi connectivity index (χ4v) is 6.13. The molecule has 206 valence electrons. The third kappa shape index (κ3) is 5.46. The molecule has 2 heterocycles. The Kier molecular flexibility index (Phi) is 7.80. The third-order valence-corrected chi connectivity index (χ3v) is 8.20. The van der Waals surface area contributed by atoms with E-state index in [4.69, 9.17) is 10.1 Å². The molecular formula is C33H38N6O. The Morgan fingerprint density at radius 1 is 0.875 bits per heavy atom. The van der Waals surface area contributed by atoms with Gasteiger partial charge in [0.15, 0.2) is 5.96 Å². The highest BCUT2D eigenvalue weighted by Gasteiger charge is 2.34. The Labute approximate surface area is 237 Å². The minimum atomic E-state index is -0.147. The van der Waals surface area contributed by atoms with Gasteiger partial charge in [-0.15, -0.1) is 0 Å². The fourth-order valence-electron chi connectivity index (χ4n) is 6.13. The molecule has 40 heavy (non-hydrogen) atoms. The molecule has 2 amide bonds. The van der Waals surface area contributed by atoms with Crippen LogP contribution in [0.4, 0.5) is 21.9 Å². The van der Waals surface area contributed by atoms with Crippen LogP contribution in [0.5, 0.6) is 0 Å². The topological polar surface area (TPSA) is 63.5 Å². The van der Waals surface area contributed by atoms with Crippen LogP contribution in [0.2, 0.25) is 0 Å². The van der Waals surface area contributed by atoms with Gasteiger partial charge in [-0.2, -0.15) is 5.10 Å². The molecule has 1 saturated carbocycles. The number of hydrazone groups is 1. The first-order valence-corrected chi connectivity index (χ1v) is 14.7. The van der Waals surface area contributed by atoms with E-state index in [1.54, 1.807) is 5.01 Å². The number of aliphatic imine (C=N–C) groups is 1. The summed E-state index contributed by atoms with van der Waals surface area (Å²) in [7, 11) is 1.92. The highest BCUT2D eigenvalue weighted by atomic mass is 16.2. The van der Waals surface area contributed by atoms with Gasteiger partial charge in [-0.1, -0.05) is 67.8 Å². The quantitative estimate of drug-likeness (QED) is 0.282. The van der Waals surface area contributed by atoms with Gasteiger partial charge in [-0.25, -0.2) is 14.8 Å². The van der Waals surface area contributed by atoms with Gasteiger partial charge in [-0.05, 0) is 61.6 Å². The van der Waals surface area contributed by atoms with Crippen molar-refractivity contribution in [3.05, 3.63) is 90.0 Å². The summed E-state index contributed by atoms with van der Waals surface area (Å²) in [6, 6.07) is 26.2. The van der Waals surface area contributed by atoms with E-state index in [0.29, 0.717) is 12.5 Å². The van der Waals surface area contributed by atoms with Crippen molar-refractivity contribution in [1.82, 2.24) is 15.2 Å². The zero-order valence-corrected chi connectivity index (χ0v) is 23.3. The van der Waals surface area contributed by atoms with Crippen LogP contribution in [0.25, 0.3) is 0 Å². The number of para-hydroxylation sites is 1. The Balaban J connectivity index is 1.39. The number of carbonyl (C=O) groups is 1. The SMILES string of the molecule is CNC(=Nc1ccc(N2C(=O)N(Cc3ccccc3)N=C(C3CCCCC3)c3ccccc32)cc1)N1CCCC1. The molecule has 0 atom stereocenters. The van der Waals surface area contributed by atoms with Crippen molar-refractivity contribution in [3.63, 3.8) is 0 Å². The number of benzene rings is 3. The van der Waals surface area contributed by atoms with Crippen molar-refractivity contribution in [2.75, 3.05) is 25.0 Å². The predicted octanol–water partition coefficient (Wildman–Crippen LogP) is 7.05. The summed E-state index contributed by atoms with van der Waals surface area (Å²) < 4.78 is 0. The van der Waals surface area contributed by atoms with E-state index in [9.17, 15) is 4.79 Å². The van der Waals surface area contributed by atoms with Crippen LogP contribution in [0.15, 0.2) is 89.0 Å². The molecule has 7 nitrogen and oxygen atoms in total. The molecule has 2 fully saturated rings. The molecule has 6 rings (SSSR count). The monoisotopic (exact) mass is 534 g/mol. The lowest BCUT2D eigenvalue weighted by Crippen LogP contribution is -2.37. The van der Waals surface area contributed by atoms with Crippen molar-refractivity contribution in [2.24, 2.45) is 16.0 Å². The van der Waals surface area contributed by atoms with Crippen LogP contribution in [-0.4, -0.2) is 47.7 Å². The number of rotatable bonds is 5. The molecule has 0 aromatic heterocycles. The van der Waals surface area contributed by atoms with Crippen molar-refractivity contribution >= 4 is 34.8 Å². The summed E-state index contributed by atoms with van der Waals surface area (Å²) in [4.78, 5) is 23.3. The number of fused-ring (bicyclic) bond motifs is 1. The number of carbonyl (C=O) groups excluding carboxylic acids is 1. The van der Waals surface area contributed by atoms with Gasteiger partial charge in [0.25, 0.3) is 0 Å². The number of guanidine groups is 1. The van der Waals surface area contributed by atoms with Crippen LogP contribution in [-0.2, 0) is 6.54 Å². The van der Waals surface area contributed by atoms with Gasteiger partial charge in [0, 0.05) is 31.6 Å². The standard InChI is InChI=1S/C33H38N6O/c1-34-32(37-22-10-11-23-37)35-27-18-20-28(21-19-27)39-30-17-9-8-16-29(30)31(26-14-6-3-7-15-26)36-38(33(39)40)24-25-12-4-2-5-13-25/h2,4-5,8-9,12-13,16-21,26H,3,6-7,10-11,14-15,22-24H2,1H3,(H,34,35). The molecule has 1 aliphatic carbocycles. The summed E-state index contributed by atoms with van der Waals surface area (Å²) in [5.41, 5.74) is 5.69. The number of hydrogen-bond acceptors (Lipinski definition) is 3. The maximum Gasteiger partial charge on any atom is 0.349 e. The fraction of sp³-hybridized carbons (Fsp3) is 0.364. The van der Waals surface area contributed by atoms with Crippen LogP contribution in [0.3, 0.4) is 0 Å². The Morgan fingerprint density at radius 3 is 2.30 bits per heavy atom. The number of nitrogens with zero attached hydrogens (tertiary/aromatic N) is 5. The molecule has 0 radical (unpaired) electrons. The smallest absolute Gasteiger partial charge is 0.349 e. The highest BCUT2D eigenvalue weighted by Crippen LogP contribution is 2.38. The van der Waals surface area contributed by atoms with E-state index in [2.05, 4.69) is 40.5 Å². The Morgan fingerprint density at radius 2 is 1.57 bits per heavy atom. The lowest BCUT2D eigenvalue weighted by molar-refractivity contribution is 0.207. The second-order valence-corrected chi connectivity index (χ2v) is 10.9. The van der Waals surface area contributed by atoms with Gasteiger partial charge in [0.05, 0.1) is 29.3 Å².